The molecule has 4 N–H and O–H groups in total. The minimum atomic E-state index is -0.259. The molecule has 6 heteroatoms. The van der Waals surface area contributed by atoms with Crippen LogP contribution in [0.15, 0.2) is 42.5 Å². The van der Waals surface area contributed by atoms with Crippen molar-refractivity contribution in [3.63, 3.8) is 0 Å². The van der Waals surface area contributed by atoms with Crippen LogP contribution in [-0.4, -0.2) is 34.9 Å². The van der Waals surface area contributed by atoms with E-state index < -0.39 is 0 Å². The molecule has 0 aliphatic heterocycles. The van der Waals surface area contributed by atoms with E-state index in [0.717, 1.165) is 11.1 Å². The molecule has 0 heterocycles. The summed E-state index contributed by atoms with van der Waals surface area (Å²) < 4.78 is 5.00. The van der Waals surface area contributed by atoms with Gasteiger partial charge in [-0.2, -0.15) is 0 Å². The van der Waals surface area contributed by atoms with Gasteiger partial charge in [-0.05, 0) is 47.9 Å². The van der Waals surface area contributed by atoms with Crippen molar-refractivity contribution in [3.05, 3.63) is 53.6 Å². The molecule has 0 saturated heterocycles. The molecule has 0 unspecified atom stereocenters. The van der Waals surface area contributed by atoms with Crippen LogP contribution in [0.2, 0.25) is 0 Å². The summed E-state index contributed by atoms with van der Waals surface area (Å²) in [5.74, 6) is -0.235. The maximum Gasteiger partial charge on any atom is 0.244 e. The number of carbonyl (C=O) groups excluding carboxylic acids is 1. The number of amides is 1. The SMILES string of the molecule is COc1cc(/C=C\C(=O)NCCc2ccc(O)c(O)c2)ccc1O. The van der Waals surface area contributed by atoms with Crippen LogP contribution in [-0.2, 0) is 11.2 Å². The van der Waals surface area contributed by atoms with Crippen LogP contribution >= 0.6 is 0 Å². The van der Waals surface area contributed by atoms with Crippen molar-refractivity contribution >= 4 is 12.0 Å². The van der Waals surface area contributed by atoms with Crippen LogP contribution in [0.1, 0.15) is 11.1 Å². The van der Waals surface area contributed by atoms with Gasteiger partial charge in [-0.1, -0.05) is 12.1 Å². The Morgan fingerprint density at radius 1 is 1.08 bits per heavy atom. The van der Waals surface area contributed by atoms with Gasteiger partial charge in [0.15, 0.2) is 23.0 Å². The summed E-state index contributed by atoms with van der Waals surface area (Å²) in [6.45, 7) is 0.395. The van der Waals surface area contributed by atoms with E-state index in [-0.39, 0.29) is 23.2 Å². The molecule has 0 atom stereocenters. The number of benzene rings is 2. The number of hydrogen-bond donors (Lipinski definition) is 4. The Balaban J connectivity index is 1.85. The number of carbonyl (C=O) groups is 1. The van der Waals surface area contributed by atoms with Crippen molar-refractivity contribution in [2.45, 2.75) is 6.42 Å². The molecule has 0 bridgehead atoms. The third kappa shape index (κ3) is 4.67. The van der Waals surface area contributed by atoms with Crippen LogP contribution < -0.4 is 10.1 Å². The van der Waals surface area contributed by atoms with Gasteiger partial charge in [-0.15, -0.1) is 0 Å². The lowest BCUT2D eigenvalue weighted by molar-refractivity contribution is -0.116. The van der Waals surface area contributed by atoms with E-state index in [4.69, 9.17) is 4.74 Å². The van der Waals surface area contributed by atoms with Gasteiger partial charge in [0, 0.05) is 12.6 Å². The first-order chi connectivity index (χ1) is 11.5. The summed E-state index contributed by atoms with van der Waals surface area (Å²) in [6.07, 6.45) is 3.53. The van der Waals surface area contributed by atoms with Crippen molar-refractivity contribution in [2.75, 3.05) is 13.7 Å². The number of rotatable bonds is 6. The van der Waals surface area contributed by atoms with Gasteiger partial charge in [-0.25, -0.2) is 0 Å². The maximum atomic E-state index is 11.8. The predicted octanol–water partition coefficient (Wildman–Crippen LogP) is 2.18. The van der Waals surface area contributed by atoms with Gasteiger partial charge in [0.1, 0.15) is 0 Å². The van der Waals surface area contributed by atoms with Gasteiger partial charge in [0.05, 0.1) is 7.11 Å². The number of phenolic OH excluding ortho intramolecular Hbond substituents is 3. The van der Waals surface area contributed by atoms with Crippen molar-refractivity contribution in [1.82, 2.24) is 5.32 Å². The average Bonchev–Trinajstić information content (AvgIpc) is 2.57. The van der Waals surface area contributed by atoms with Gasteiger partial charge in [0.2, 0.25) is 5.91 Å². The lowest BCUT2D eigenvalue weighted by atomic mass is 10.1. The molecule has 126 valence electrons. The molecule has 0 fully saturated rings. The summed E-state index contributed by atoms with van der Waals surface area (Å²) in [4.78, 5) is 11.8. The molecule has 0 radical (unpaired) electrons. The smallest absolute Gasteiger partial charge is 0.244 e. The van der Waals surface area contributed by atoms with E-state index in [9.17, 15) is 20.1 Å². The summed E-state index contributed by atoms with van der Waals surface area (Å²) in [7, 11) is 1.45. The fraction of sp³-hybridized carbons (Fsp3) is 0.167. The van der Waals surface area contributed by atoms with E-state index in [1.165, 1.54) is 31.4 Å². The first-order valence-corrected chi connectivity index (χ1v) is 7.33. The van der Waals surface area contributed by atoms with Gasteiger partial charge in [0.25, 0.3) is 0 Å². The molecular formula is C18H19NO5. The van der Waals surface area contributed by atoms with E-state index in [0.29, 0.717) is 18.7 Å². The first kappa shape index (κ1) is 17.2. The van der Waals surface area contributed by atoms with Crippen LogP contribution in [0.25, 0.3) is 6.08 Å². The zero-order valence-corrected chi connectivity index (χ0v) is 13.2. The topological polar surface area (TPSA) is 99.0 Å². The second kappa shape index (κ2) is 7.92. The molecule has 1 amide bonds. The van der Waals surface area contributed by atoms with E-state index in [2.05, 4.69) is 5.32 Å². The molecule has 0 aromatic heterocycles. The Hall–Kier alpha value is -3.15. The Labute approximate surface area is 139 Å². The molecule has 2 rings (SSSR count). The second-order valence-corrected chi connectivity index (χ2v) is 5.13. The summed E-state index contributed by atoms with van der Waals surface area (Å²) in [5, 5.41) is 30.9. The molecule has 0 saturated carbocycles. The molecule has 2 aromatic carbocycles. The number of methoxy groups -OCH3 is 1. The van der Waals surface area contributed by atoms with E-state index in [1.54, 1.807) is 24.3 Å². The molecular weight excluding hydrogens is 310 g/mol. The summed E-state index contributed by atoms with van der Waals surface area (Å²) in [6, 6.07) is 9.33. The Kier molecular flexibility index (Phi) is 5.68. The second-order valence-electron chi connectivity index (χ2n) is 5.13. The zero-order chi connectivity index (χ0) is 17.5. The minimum Gasteiger partial charge on any atom is -0.504 e. The van der Waals surface area contributed by atoms with E-state index in [1.807, 2.05) is 0 Å². The average molecular weight is 329 g/mol. The zero-order valence-electron chi connectivity index (χ0n) is 13.2. The minimum absolute atomic E-state index is 0.0382. The molecule has 6 nitrogen and oxygen atoms in total. The number of ether oxygens (including phenoxy) is 1. The highest BCUT2D eigenvalue weighted by molar-refractivity contribution is 5.91. The Morgan fingerprint density at radius 3 is 2.54 bits per heavy atom. The number of phenols is 3. The van der Waals surface area contributed by atoms with Crippen molar-refractivity contribution < 1.29 is 24.9 Å². The molecule has 0 aliphatic rings. The summed E-state index contributed by atoms with van der Waals surface area (Å²) >= 11 is 0. The van der Waals surface area contributed by atoms with Gasteiger partial charge < -0.3 is 25.4 Å². The normalized spacial score (nSPS) is 10.7. The third-order valence-electron chi connectivity index (χ3n) is 3.38. The first-order valence-electron chi connectivity index (χ1n) is 7.33. The maximum absolute atomic E-state index is 11.8. The molecule has 24 heavy (non-hydrogen) atoms. The highest BCUT2D eigenvalue weighted by Gasteiger charge is 2.03. The van der Waals surface area contributed by atoms with Crippen molar-refractivity contribution in [2.24, 2.45) is 0 Å². The lowest BCUT2D eigenvalue weighted by Crippen LogP contribution is -2.23. The molecule has 0 spiro atoms. The Bertz CT molecular complexity index is 755. The molecule has 2 aromatic rings. The van der Waals surface area contributed by atoms with E-state index >= 15 is 0 Å². The fourth-order valence-electron chi connectivity index (χ4n) is 2.08. The van der Waals surface area contributed by atoms with Crippen LogP contribution in [0, 0.1) is 0 Å². The third-order valence-corrected chi connectivity index (χ3v) is 3.38. The molecule has 0 aliphatic carbocycles. The number of aromatic hydroxyl groups is 3. The largest absolute Gasteiger partial charge is 0.504 e. The quantitative estimate of drug-likeness (QED) is 0.481. The van der Waals surface area contributed by atoms with Gasteiger partial charge >= 0.3 is 0 Å². The number of nitrogens with one attached hydrogen (secondary N) is 1. The van der Waals surface area contributed by atoms with Crippen LogP contribution in [0.4, 0.5) is 0 Å². The highest BCUT2D eigenvalue weighted by atomic mass is 16.5. The monoisotopic (exact) mass is 329 g/mol. The highest BCUT2D eigenvalue weighted by Crippen LogP contribution is 2.26. The lowest BCUT2D eigenvalue weighted by Gasteiger charge is -2.05. The Morgan fingerprint density at radius 2 is 1.83 bits per heavy atom. The summed E-state index contributed by atoms with van der Waals surface area (Å²) in [5.41, 5.74) is 1.53. The standard InChI is InChI=1S/C18H19NO5/c1-24-17-11-12(3-6-15(17)21)4-7-18(23)19-9-8-13-2-5-14(20)16(22)10-13/h2-7,10-11,20-22H,8-9H2,1H3,(H,19,23)/b7-4-. The van der Waals surface area contributed by atoms with Crippen molar-refractivity contribution in [3.8, 4) is 23.0 Å². The van der Waals surface area contributed by atoms with Gasteiger partial charge in [-0.3, -0.25) is 4.79 Å². The van der Waals surface area contributed by atoms with Crippen molar-refractivity contribution in [1.29, 1.82) is 0 Å². The number of hydrogen-bond acceptors (Lipinski definition) is 5. The fourth-order valence-corrected chi connectivity index (χ4v) is 2.08. The van der Waals surface area contributed by atoms with Crippen LogP contribution in [0.5, 0.6) is 23.0 Å². The predicted molar refractivity (Wildman–Crippen MR) is 90.2 cm³/mol. The van der Waals surface area contributed by atoms with Crippen LogP contribution in [0.3, 0.4) is 0 Å².